The number of rotatable bonds is 2. The number of fused-ring (bicyclic) bond motifs is 3. The van der Waals surface area contributed by atoms with Crippen LogP contribution in [0.3, 0.4) is 0 Å². The van der Waals surface area contributed by atoms with Crippen LogP contribution in [0, 0.1) is 6.92 Å². The molecule has 24 heavy (non-hydrogen) atoms. The Labute approximate surface area is 145 Å². The van der Waals surface area contributed by atoms with E-state index in [1.54, 1.807) is 7.11 Å². The number of methoxy groups -OCH3 is 1. The second-order valence-electron chi connectivity index (χ2n) is 6.56. The van der Waals surface area contributed by atoms with Crippen LogP contribution in [0.25, 0.3) is 16.5 Å². The Morgan fingerprint density at radius 1 is 1.17 bits per heavy atom. The van der Waals surface area contributed by atoms with Crippen LogP contribution in [0.4, 0.5) is 0 Å². The zero-order valence-corrected chi connectivity index (χ0v) is 15.5. The summed E-state index contributed by atoms with van der Waals surface area (Å²) in [7, 11) is 3.99. The molecule has 2 bridgehead atoms. The Hall–Kier alpha value is -1.87. The van der Waals surface area contributed by atoms with Crippen molar-refractivity contribution >= 4 is 16.5 Å². The molecule has 0 spiro atoms. The topological polar surface area (TPSA) is 25.4 Å². The number of hydrogen-bond donors (Lipinski definition) is 0. The molecular weight excluding hydrogens is 296 g/mol. The Kier molecular flexibility index (Phi) is 4.91. The summed E-state index contributed by atoms with van der Waals surface area (Å²) in [6.07, 6.45) is 6.22. The average molecular weight is 324 g/mol. The highest BCUT2D eigenvalue weighted by atomic mass is 16.5. The molecule has 128 valence electrons. The van der Waals surface area contributed by atoms with E-state index in [9.17, 15) is 0 Å². The van der Waals surface area contributed by atoms with E-state index in [0.717, 1.165) is 28.8 Å². The monoisotopic (exact) mass is 324 g/mol. The zero-order valence-electron chi connectivity index (χ0n) is 15.5. The van der Waals surface area contributed by atoms with Crippen molar-refractivity contribution in [3.8, 4) is 5.75 Å². The Bertz CT molecular complexity index is 766. The highest BCUT2D eigenvalue weighted by Crippen LogP contribution is 2.38. The first-order valence-corrected chi connectivity index (χ1v) is 9.04. The van der Waals surface area contributed by atoms with Gasteiger partial charge in [0.25, 0.3) is 0 Å². The Morgan fingerprint density at radius 3 is 2.67 bits per heavy atom. The number of aromatic nitrogens is 1. The highest BCUT2D eigenvalue weighted by molar-refractivity contribution is 5.89. The molecule has 2 aromatic rings. The molecule has 3 heterocycles. The van der Waals surface area contributed by atoms with E-state index in [0.29, 0.717) is 12.1 Å². The summed E-state index contributed by atoms with van der Waals surface area (Å²) in [6.45, 7) is 6.01. The summed E-state index contributed by atoms with van der Waals surface area (Å²) in [4.78, 5) is 7.14. The number of nitrogens with zero attached hydrogens (tertiary/aromatic N) is 2. The molecule has 0 saturated carbocycles. The minimum Gasteiger partial charge on any atom is -0.496 e. The fourth-order valence-electron chi connectivity index (χ4n) is 3.95. The maximum absolute atomic E-state index is 5.55. The molecule has 3 nitrogen and oxygen atoms in total. The van der Waals surface area contributed by atoms with E-state index in [1.807, 2.05) is 26.8 Å². The number of hydrogen-bond acceptors (Lipinski definition) is 3. The van der Waals surface area contributed by atoms with Crippen molar-refractivity contribution in [3.63, 3.8) is 0 Å². The third-order valence-corrected chi connectivity index (χ3v) is 5.23. The first-order valence-electron chi connectivity index (χ1n) is 9.04. The second kappa shape index (κ2) is 6.94. The van der Waals surface area contributed by atoms with Crippen molar-refractivity contribution in [1.82, 2.24) is 9.88 Å². The van der Waals surface area contributed by atoms with Gasteiger partial charge >= 0.3 is 0 Å². The SMILES string of the molecule is CC.COc1cc(C)nc2ccc(C3=CC4CC[C@H](C3)N4C)cc12. The second-order valence-corrected chi connectivity index (χ2v) is 6.56. The van der Waals surface area contributed by atoms with Crippen molar-refractivity contribution in [2.75, 3.05) is 14.2 Å². The molecule has 1 aromatic heterocycles. The summed E-state index contributed by atoms with van der Waals surface area (Å²) in [5, 5.41) is 1.11. The molecule has 1 fully saturated rings. The fourth-order valence-corrected chi connectivity index (χ4v) is 3.95. The lowest BCUT2D eigenvalue weighted by Crippen LogP contribution is -2.34. The summed E-state index contributed by atoms with van der Waals surface area (Å²) in [6, 6.07) is 9.92. The first kappa shape index (κ1) is 17.0. The van der Waals surface area contributed by atoms with Crippen molar-refractivity contribution in [2.45, 2.75) is 52.1 Å². The van der Waals surface area contributed by atoms with Crippen molar-refractivity contribution in [1.29, 1.82) is 0 Å². The minimum atomic E-state index is 0.613. The van der Waals surface area contributed by atoms with Crippen LogP contribution in [0.2, 0.25) is 0 Å². The van der Waals surface area contributed by atoms with Gasteiger partial charge in [-0.3, -0.25) is 9.88 Å². The summed E-state index contributed by atoms with van der Waals surface area (Å²) >= 11 is 0. The van der Waals surface area contributed by atoms with Gasteiger partial charge in [-0.15, -0.1) is 0 Å². The largest absolute Gasteiger partial charge is 0.496 e. The third-order valence-electron chi connectivity index (χ3n) is 5.23. The smallest absolute Gasteiger partial charge is 0.130 e. The maximum atomic E-state index is 5.55. The summed E-state index contributed by atoms with van der Waals surface area (Å²) in [5.74, 6) is 0.917. The van der Waals surface area contributed by atoms with Crippen LogP contribution in [-0.2, 0) is 0 Å². The van der Waals surface area contributed by atoms with E-state index in [-0.39, 0.29) is 0 Å². The molecule has 1 saturated heterocycles. The molecule has 1 aromatic carbocycles. The van der Waals surface area contributed by atoms with Crippen molar-refractivity contribution in [2.24, 2.45) is 0 Å². The zero-order chi connectivity index (χ0) is 17.3. The standard InChI is InChI=1S/C19H22N2O.C2H6/c1-12-8-19(22-3)17-11-13(4-7-18(17)20-12)14-9-15-5-6-16(10-14)21(15)2;1-2/h4,7-9,11,15-16H,5-6,10H2,1-3H3;1-2H3/t15?,16-;/m1./s1. The predicted molar refractivity (Wildman–Crippen MR) is 102 cm³/mol. The molecule has 1 unspecified atom stereocenters. The summed E-state index contributed by atoms with van der Waals surface area (Å²) in [5.41, 5.74) is 4.81. The van der Waals surface area contributed by atoms with E-state index < -0.39 is 0 Å². The molecule has 0 amide bonds. The van der Waals surface area contributed by atoms with Gasteiger partial charge < -0.3 is 4.74 Å². The maximum Gasteiger partial charge on any atom is 0.130 e. The van der Waals surface area contributed by atoms with Gasteiger partial charge in [-0.2, -0.15) is 0 Å². The Morgan fingerprint density at radius 2 is 1.96 bits per heavy atom. The van der Waals surface area contributed by atoms with Crippen LogP contribution in [0.5, 0.6) is 5.75 Å². The van der Waals surface area contributed by atoms with E-state index in [1.165, 1.54) is 24.0 Å². The molecule has 0 radical (unpaired) electrons. The third kappa shape index (κ3) is 2.93. The average Bonchev–Trinajstić information content (AvgIpc) is 2.83. The highest BCUT2D eigenvalue weighted by Gasteiger charge is 2.33. The van der Waals surface area contributed by atoms with Gasteiger partial charge in [0.05, 0.1) is 12.6 Å². The molecule has 0 N–H and O–H groups in total. The van der Waals surface area contributed by atoms with Crippen LogP contribution in [-0.4, -0.2) is 36.1 Å². The van der Waals surface area contributed by atoms with E-state index >= 15 is 0 Å². The van der Waals surface area contributed by atoms with Gasteiger partial charge in [0.2, 0.25) is 0 Å². The quantitative estimate of drug-likeness (QED) is 0.791. The normalized spacial score (nSPS) is 22.8. The number of pyridine rings is 1. The number of ether oxygens (including phenoxy) is 1. The minimum absolute atomic E-state index is 0.613. The molecule has 0 aliphatic carbocycles. The van der Waals surface area contributed by atoms with E-state index in [4.69, 9.17) is 4.74 Å². The molecule has 2 aliphatic heterocycles. The number of aryl methyl sites for hydroxylation is 1. The first-order chi connectivity index (χ1) is 11.7. The lowest BCUT2D eigenvalue weighted by atomic mass is 9.94. The lowest BCUT2D eigenvalue weighted by Gasteiger charge is -2.30. The number of likely N-dealkylation sites (N-methyl/N-ethyl adjacent to an activating group) is 1. The molecule has 2 atom stereocenters. The molecule has 2 aliphatic rings. The lowest BCUT2D eigenvalue weighted by molar-refractivity contribution is 0.264. The van der Waals surface area contributed by atoms with Crippen LogP contribution < -0.4 is 4.74 Å². The predicted octanol–water partition coefficient (Wildman–Crippen LogP) is 4.83. The van der Waals surface area contributed by atoms with Crippen LogP contribution in [0.15, 0.2) is 30.3 Å². The van der Waals surface area contributed by atoms with Crippen LogP contribution >= 0.6 is 0 Å². The van der Waals surface area contributed by atoms with Gasteiger partial charge in [-0.05, 0) is 56.5 Å². The van der Waals surface area contributed by atoms with Crippen molar-refractivity contribution in [3.05, 3.63) is 41.6 Å². The fraction of sp³-hybridized carbons (Fsp3) is 0.476. The number of benzene rings is 1. The summed E-state index contributed by atoms with van der Waals surface area (Å²) < 4.78 is 5.55. The van der Waals surface area contributed by atoms with E-state index in [2.05, 4.69) is 41.2 Å². The van der Waals surface area contributed by atoms with Gasteiger partial charge in [-0.1, -0.05) is 26.0 Å². The van der Waals surface area contributed by atoms with Crippen LogP contribution in [0.1, 0.15) is 44.4 Å². The van der Waals surface area contributed by atoms with Gasteiger partial charge in [-0.25, -0.2) is 0 Å². The van der Waals surface area contributed by atoms with Gasteiger partial charge in [0.15, 0.2) is 0 Å². The molecule has 4 rings (SSSR count). The molecule has 3 heteroatoms. The Balaban J connectivity index is 0.000000815. The van der Waals surface area contributed by atoms with Gasteiger partial charge in [0, 0.05) is 29.2 Å². The van der Waals surface area contributed by atoms with Gasteiger partial charge in [0.1, 0.15) is 5.75 Å². The van der Waals surface area contributed by atoms with Crippen molar-refractivity contribution < 1.29 is 4.74 Å². The molecular formula is C21H28N2O.